The Morgan fingerprint density at radius 2 is 2.12 bits per heavy atom. The fraction of sp³-hybridized carbons (Fsp3) is 0.800. The molecule has 98 valence electrons. The molecule has 0 bridgehead atoms. The molecule has 0 saturated heterocycles. The summed E-state index contributed by atoms with van der Waals surface area (Å²) in [5.74, 6) is -1.60. The third kappa shape index (κ3) is 8.65. The van der Waals surface area contributed by atoms with Crippen molar-refractivity contribution in [3.05, 3.63) is 0 Å². The van der Waals surface area contributed by atoms with Gasteiger partial charge in [0.05, 0.1) is 18.4 Å². The molecule has 0 aliphatic rings. The van der Waals surface area contributed by atoms with Crippen LogP contribution in [0.15, 0.2) is 0 Å². The first-order chi connectivity index (χ1) is 7.91. The smallest absolute Gasteiger partial charge is 0.321 e. The van der Waals surface area contributed by atoms with Crippen LogP contribution in [0, 0.1) is 11.3 Å². The SMILES string of the molecule is COCC(C)OC(=O)CS(=O)(=O)CCCC#N. The first kappa shape index (κ1) is 15.9. The van der Waals surface area contributed by atoms with Crippen LogP contribution < -0.4 is 0 Å². The van der Waals surface area contributed by atoms with Crippen molar-refractivity contribution in [1.29, 1.82) is 5.26 Å². The van der Waals surface area contributed by atoms with Gasteiger partial charge in [-0.3, -0.25) is 4.79 Å². The van der Waals surface area contributed by atoms with Crippen LogP contribution >= 0.6 is 0 Å². The number of esters is 1. The molecule has 1 unspecified atom stereocenters. The monoisotopic (exact) mass is 263 g/mol. The molecule has 0 spiro atoms. The van der Waals surface area contributed by atoms with Gasteiger partial charge in [-0.25, -0.2) is 8.42 Å². The highest BCUT2D eigenvalue weighted by Crippen LogP contribution is 2.00. The predicted octanol–water partition coefficient (Wildman–Crippen LogP) is 0.283. The summed E-state index contributed by atoms with van der Waals surface area (Å²) in [7, 11) is -2.02. The largest absolute Gasteiger partial charge is 0.459 e. The fourth-order valence-electron chi connectivity index (χ4n) is 1.15. The molecule has 17 heavy (non-hydrogen) atoms. The Morgan fingerprint density at radius 1 is 1.47 bits per heavy atom. The summed E-state index contributed by atoms with van der Waals surface area (Å²) >= 11 is 0. The summed E-state index contributed by atoms with van der Waals surface area (Å²) in [5.41, 5.74) is 0. The first-order valence-corrected chi connectivity index (χ1v) is 6.99. The van der Waals surface area contributed by atoms with Gasteiger partial charge in [-0.2, -0.15) is 5.26 Å². The maximum absolute atomic E-state index is 11.4. The Labute approximate surface area is 101 Å². The minimum Gasteiger partial charge on any atom is -0.459 e. The van der Waals surface area contributed by atoms with Crippen LogP contribution in [0.1, 0.15) is 19.8 Å². The highest BCUT2D eigenvalue weighted by atomic mass is 32.2. The van der Waals surface area contributed by atoms with Crippen molar-refractivity contribution in [2.45, 2.75) is 25.9 Å². The van der Waals surface area contributed by atoms with Crippen LogP contribution in [0.3, 0.4) is 0 Å². The zero-order chi connectivity index (χ0) is 13.3. The summed E-state index contributed by atoms with van der Waals surface area (Å²) in [6.07, 6.45) is -0.0736. The highest BCUT2D eigenvalue weighted by Gasteiger charge is 2.19. The molecule has 0 aromatic rings. The molecule has 0 fully saturated rings. The van der Waals surface area contributed by atoms with Crippen molar-refractivity contribution in [2.75, 3.05) is 25.2 Å². The molecule has 0 N–H and O–H groups in total. The second kappa shape index (κ2) is 8.03. The summed E-state index contributed by atoms with van der Waals surface area (Å²) in [6, 6.07) is 1.85. The van der Waals surface area contributed by atoms with Crippen molar-refractivity contribution in [2.24, 2.45) is 0 Å². The fourth-order valence-corrected chi connectivity index (χ4v) is 2.31. The van der Waals surface area contributed by atoms with Gasteiger partial charge in [0, 0.05) is 13.5 Å². The zero-order valence-electron chi connectivity index (χ0n) is 10.0. The molecular weight excluding hydrogens is 246 g/mol. The van der Waals surface area contributed by atoms with Gasteiger partial charge in [0.2, 0.25) is 0 Å². The maximum Gasteiger partial charge on any atom is 0.321 e. The van der Waals surface area contributed by atoms with E-state index in [1.54, 1.807) is 6.92 Å². The minimum atomic E-state index is -3.48. The number of sulfone groups is 1. The molecule has 0 amide bonds. The zero-order valence-corrected chi connectivity index (χ0v) is 10.8. The molecule has 0 aromatic heterocycles. The second-order valence-electron chi connectivity index (χ2n) is 3.61. The van der Waals surface area contributed by atoms with Gasteiger partial charge >= 0.3 is 5.97 Å². The number of unbranched alkanes of at least 4 members (excludes halogenated alkanes) is 1. The van der Waals surface area contributed by atoms with E-state index in [0.717, 1.165) is 0 Å². The Hall–Kier alpha value is -1.13. The number of rotatable bonds is 8. The topological polar surface area (TPSA) is 93.5 Å². The van der Waals surface area contributed by atoms with Gasteiger partial charge in [-0.15, -0.1) is 0 Å². The Morgan fingerprint density at radius 3 is 2.65 bits per heavy atom. The summed E-state index contributed by atoms with van der Waals surface area (Å²) < 4.78 is 32.4. The van der Waals surface area contributed by atoms with E-state index < -0.39 is 27.7 Å². The third-order valence-electron chi connectivity index (χ3n) is 1.82. The van der Waals surface area contributed by atoms with E-state index in [-0.39, 0.29) is 25.2 Å². The first-order valence-electron chi connectivity index (χ1n) is 5.17. The van der Waals surface area contributed by atoms with E-state index >= 15 is 0 Å². The lowest BCUT2D eigenvalue weighted by molar-refractivity contribution is -0.147. The van der Waals surface area contributed by atoms with E-state index in [0.29, 0.717) is 0 Å². The molecule has 0 rings (SSSR count). The molecule has 0 heterocycles. The van der Waals surface area contributed by atoms with Crippen molar-refractivity contribution >= 4 is 15.8 Å². The summed E-state index contributed by atoms with van der Waals surface area (Å²) in [4.78, 5) is 11.3. The van der Waals surface area contributed by atoms with Crippen LogP contribution in [-0.2, 0) is 24.1 Å². The van der Waals surface area contributed by atoms with Crippen LogP contribution in [0.25, 0.3) is 0 Å². The molecule has 1 atom stereocenters. The van der Waals surface area contributed by atoms with Crippen molar-refractivity contribution < 1.29 is 22.7 Å². The summed E-state index contributed by atoms with van der Waals surface area (Å²) in [5, 5.41) is 8.27. The molecule has 7 heteroatoms. The average molecular weight is 263 g/mol. The van der Waals surface area contributed by atoms with E-state index in [4.69, 9.17) is 14.7 Å². The Balaban J connectivity index is 4.06. The summed E-state index contributed by atoms with van der Waals surface area (Å²) in [6.45, 7) is 1.84. The molecule has 0 aliphatic carbocycles. The number of ether oxygens (including phenoxy) is 2. The van der Waals surface area contributed by atoms with Gasteiger partial charge in [0.15, 0.2) is 9.84 Å². The number of hydrogen-bond donors (Lipinski definition) is 0. The highest BCUT2D eigenvalue weighted by molar-refractivity contribution is 7.92. The van der Waals surface area contributed by atoms with E-state index in [1.807, 2.05) is 6.07 Å². The van der Waals surface area contributed by atoms with Gasteiger partial charge in [0.25, 0.3) is 0 Å². The lowest BCUT2D eigenvalue weighted by Crippen LogP contribution is -2.26. The van der Waals surface area contributed by atoms with E-state index in [1.165, 1.54) is 7.11 Å². The van der Waals surface area contributed by atoms with E-state index in [2.05, 4.69) is 0 Å². The Kier molecular flexibility index (Phi) is 7.50. The maximum atomic E-state index is 11.4. The van der Waals surface area contributed by atoms with Crippen molar-refractivity contribution in [3.8, 4) is 6.07 Å². The Bertz CT molecular complexity index is 371. The number of hydrogen-bond acceptors (Lipinski definition) is 6. The lowest BCUT2D eigenvalue weighted by atomic mass is 10.4. The number of carbonyl (C=O) groups is 1. The van der Waals surface area contributed by atoms with Crippen LogP contribution in [-0.4, -0.2) is 45.7 Å². The third-order valence-corrected chi connectivity index (χ3v) is 3.40. The van der Waals surface area contributed by atoms with Crippen LogP contribution in [0.4, 0.5) is 0 Å². The predicted molar refractivity (Wildman–Crippen MR) is 60.9 cm³/mol. The lowest BCUT2D eigenvalue weighted by Gasteiger charge is -2.11. The molecule has 0 radical (unpaired) electrons. The quantitative estimate of drug-likeness (QED) is 0.461. The minimum absolute atomic E-state index is 0.161. The number of carbonyl (C=O) groups excluding carboxylic acids is 1. The molecule has 0 saturated carbocycles. The molecule has 0 aliphatic heterocycles. The average Bonchev–Trinajstić information content (AvgIpc) is 2.16. The normalized spacial score (nSPS) is 12.8. The van der Waals surface area contributed by atoms with Gasteiger partial charge < -0.3 is 9.47 Å². The number of methoxy groups -OCH3 is 1. The molecular formula is C10H17NO5S. The standard InChI is InChI=1S/C10H17NO5S/c1-9(7-15-2)16-10(12)8-17(13,14)6-4-3-5-11/h9H,3-4,6-8H2,1-2H3. The molecule has 6 nitrogen and oxygen atoms in total. The van der Waals surface area contributed by atoms with Gasteiger partial charge in [0.1, 0.15) is 11.9 Å². The van der Waals surface area contributed by atoms with Crippen LogP contribution in [0.5, 0.6) is 0 Å². The number of nitrogens with zero attached hydrogens (tertiary/aromatic N) is 1. The van der Waals surface area contributed by atoms with Crippen molar-refractivity contribution in [1.82, 2.24) is 0 Å². The van der Waals surface area contributed by atoms with E-state index in [9.17, 15) is 13.2 Å². The van der Waals surface area contributed by atoms with Crippen molar-refractivity contribution in [3.63, 3.8) is 0 Å². The molecule has 0 aromatic carbocycles. The number of nitriles is 1. The van der Waals surface area contributed by atoms with Gasteiger partial charge in [-0.05, 0) is 13.3 Å². The second-order valence-corrected chi connectivity index (χ2v) is 5.79. The van der Waals surface area contributed by atoms with Gasteiger partial charge in [-0.1, -0.05) is 0 Å². The van der Waals surface area contributed by atoms with Crippen LogP contribution in [0.2, 0.25) is 0 Å².